The van der Waals surface area contributed by atoms with Crippen LogP contribution in [0.1, 0.15) is 30.2 Å². The topological polar surface area (TPSA) is 36.4 Å². The van der Waals surface area contributed by atoms with Crippen LogP contribution in [-0.4, -0.2) is 28.1 Å². The fourth-order valence-corrected chi connectivity index (χ4v) is 3.06. The van der Waals surface area contributed by atoms with Crippen molar-refractivity contribution in [1.82, 2.24) is 9.88 Å². The maximum atomic E-state index is 10.4. The quantitative estimate of drug-likeness (QED) is 0.936. The van der Waals surface area contributed by atoms with Crippen LogP contribution in [0.4, 0.5) is 0 Å². The van der Waals surface area contributed by atoms with Gasteiger partial charge in [0.2, 0.25) is 0 Å². The second kappa shape index (κ2) is 6.83. The molecule has 1 aliphatic rings. The first-order chi connectivity index (χ1) is 10.3. The summed E-state index contributed by atoms with van der Waals surface area (Å²) < 4.78 is 0. The van der Waals surface area contributed by atoms with Gasteiger partial charge in [-0.05, 0) is 49.5 Å². The molecule has 1 N–H and O–H groups in total. The first kappa shape index (κ1) is 14.2. The highest BCUT2D eigenvalue weighted by Gasteiger charge is 2.26. The number of aliphatic hydroxyl groups is 1. The second-order valence-corrected chi connectivity index (χ2v) is 5.80. The molecule has 0 spiro atoms. The van der Waals surface area contributed by atoms with Crippen LogP contribution in [0.5, 0.6) is 0 Å². The predicted octanol–water partition coefficient (Wildman–Crippen LogP) is 3.03. The van der Waals surface area contributed by atoms with Crippen LogP contribution in [-0.2, 0) is 6.54 Å². The fourth-order valence-electron chi connectivity index (χ4n) is 3.06. The highest BCUT2D eigenvalue weighted by molar-refractivity contribution is 5.14. The lowest BCUT2D eigenvalue weighted by Crippen LogP contribution is -2.35. The highest BCUT2D eigenvalue weighted by atomic mass is 16.3. The lowest BCUT2D eigenvalue weighted by atomic mass is 9.89. The third kappa shape index (κ3) is 3.69. The number of nitrogens with zero attached hydrogens (tertiary/aromatic N) is 2. The maximum absolute atomic E-state index is 10.4. The Kier molecular flexibility index (Phi) is 4.63. The number of benzene rings is 1. The Morgan fingerprint density at radius 2 is 1.76 bits per heavy atom. The van der Waals surface area contributed by atoms with E-state index in [1.165, 1.54) is 5.56 Å². The zero-order chi connectivity index (χ0) is 14.5. The van der Waals surface area contributed by atoms with Gasteiger partial charge in [0.05, 0.1) is 11.8 Å². The van der Waals surface area contributed by atoms with Crippen LogP contribution in [0.3, 0.4) is 0 Å². The van der Waals surface area contributed by atoms with Crippen molar-refractivity contribution >= 4 is 0 Å². The average molecular weight is 282 g/mol. The molecule has 0 aliphatic carbocycles. The fraction of sp³-hybridized carbons (Fsp3) is 0.389. The lowest BCUT2D eigenvalue weighted by Gasteiger charge is -2.34. The zero-order valence-electron chi connectivity index (χ0n) is 12.2. The molecule has 1 aromatic heterocycles. The molecular formula is C18H22N2O. The van der Waals surface area contributed by atoms with Gasteiger partial charge in [0.15, 0.2) is 0 Å². The minimum Gasteiger partial charge on any atom is -0.387 e. The molecular weight excluding hydrogens is 260 g/mol. The summed E-state index contributed by atoms with van der Waals surface area (Å²) in [7, 11) is 0. The molecule has 2 aromatic rings. The molecule has 3 nitrogen and oxygen atoms in total. The first-order valence-electron chi connectivity index (χ1n) is 7.68. The molecule has 21 heavy (non-hydrogen) atoms. The Labute approximate surface area is 126 Å². The largest absolute Gasteiger partial charge is 0.387 e. The molecule has 3 heteroatoms. The van der Waals surface area contributed by atoms with Crippen LogP contribution in [0, 0.1) is 5.92 Å². The number of likely N-dealkylation sites (tertiary alicyclic amines) is 1. The molecule has 1 aliphatic heterocycles. The summed E-state index contributed by atoms with van der Waals surface area (Å²) in [6.45, 7) is 3.10. The summed E-state index contributed by atoms with van der Waals surface area (Å²) >= 11 is 0. The van der Waals surface area contributed by atoms with Gasteiger partial charge in [-0.15, -0.1) is 0 Å². The van der Waals surface area contributed by atoms with Crippen molar-refractivity contribution in [3.05, 3.63) is 66.0 Å². The third-order valence-corrected chi connectivity index (χ3v) is 4.32. The van der Waals surface area contributed by atoms with Crippen molar-refractivity contribution in [2.45, 2.75) is 25.5 Å². The summed E-state index contributed by atoms with van der Waals surface area (Å²) in [6, 6.07) is 16.3. The van der Waals surface area contributed by atoms with Crippen molar-refractivity contribution in [1.29, 1.82) is 0 Å². The van der Waals surface area contributed by atoms with Crippen LogP contribution in [0.2, 0.25) is 0 Å². The van der Waals surface area contributed by atoms with Crippen LogP contribution < -0.4 is 0 Å². The van der Waals surface area contributed by atoms with Gasteiger partial charge < -0.3 is 5.11 Å². The molecule has 1 atom stereocenters. The molecule has 2 heterocycles. The van der Waals surface area contributed by atoms with E-state index >= 15 is 0 Å². The van der Waals surface area contributed by atoms with Gasteiger partial charge in [0, 0.05) is 12.7 Å². The normalized spacial score (nSPS) is 18.5. The Balaban J connectivity index is 1.53. The molecule has 0 bridgehead atoms. The number of hydrogen-bond acceptors (Lipinski definition) is 3. The van der Waals surface area contributed by atoms with Gasteiger partial charge in [-0.1, -0.05) is 36.4 Å². The average Bonchev–Trinajstić information content (AvgIpc) is 2.57. The molecule has 1 fully saturated rings. The predicted molar refractivity (Wildman–Crippen MR) is 83.6 cm³/mol. The first-order valence-corrected chi connectivity index (χ1v) is 7.68. The molecule has 0 unspecified atom stereocenters. The summed E-state index contributed by atoms with van der Waals surface area (Å²) in [6.07, 6.45) is 3.39. The van der Waals surface area contributed by atoms with Crippen LogP contribution in [0.15, 0.2) is 54.7 Å². The van der Waals surface area contributed by atoms with Crippen molar-refractivity contribution < 1.29 is 5.11 Å². The zero-order valence-corrected chi connectivity index (χ0v) is 12.2. The Hall–Kier alpha value is -1.71. The minimum atomic E-state index is -0.426. The standard InChI is InChI=1S/C18H22N2O/c21-18(17-8-4-5-11-19-17)16-9-12-20(13-10-16)14-15-6-2-1-3-7-15/h1-8,11,16,18,21H,9-10,12-14H2/t18-/m1/s1. The summed E-state index contributed by atoms with van der Waals surface area (Å²) in [5.74, 6) is 0.326. The number of pyridine rings is 1. The SMILES string of the molecule is O[C@@H](c1ccccn1)C1CCN(Cc2ccccc2)CC1. The highest BCUT2D eigenvalue weighted by Crippen LogP contribution is 2.30. The minimum absolute atomic E-state index is 0.326. The molecule has 0 saturated carbocycles. The summed E-state index contributed by atoms with van der Waals surface area (Å²) in [5, 5.41) is 10.4. The van der Waals surface area contributed by atoms with E-state index in [1.807, 2.05) is 18.2 Å². The maximum Gasteiger partial charge on any atom is 0.0988 e. The molecule has 3 rings (SSSR count). The smallest absolute Gasteiger partial charge is 0.0988 e. The Morgan fingerprint density at radius 3 is 2.43 bits per heavy atom. The Bertz CT molecular complexity index is 536. The molecule has 1 saturated heterocycles. The van der Waals surface area contributed by atoms with Gasteiger partial charge in [-0.25, -0.2) is 0 Å². The number of piperidine rings is 1. The van der Waals surface area contributed by atoms with E-state index in [0.29, 0.717) is 5.92 Å². The van der Waals surface area contributed by atoms with Gasteiger partial charge in [-0.2, -0.15) is 0 Å². The number of hydrogen-bond donors (Lipinski definition) is 1. The van der Waals surface area contributed by atoms with Crippen molar-refractivity contribution in [3.8, 4) is 0 Å². The Morgan fingerprint density at radius 1 is 1.05 bits per heavy atom. The number of aromatic nitrogens is 1. The number of aliphatic hydroxyl groups excluding tert-OH is 1. The van der Waals surface area contributed by atoms with Gasteiger partial charge in [0.1, 0.15) is 0 Å². The molecule has 0 amide bonds. The van der Waals surface area contributed by atoms with E-state index in [1.54, 1.807) is 6.20 Å². The van der Waals surface area contributed by atoms with Gasteiger partial charge >= 0.3 is 0 Å². The van der Waals surface area contributed by atoms with Crippen molar-refractivity contribution in [2.24, 2.45) is 5.92 Å². The van der Waals surface area contributed by atoms with E-state index in [0.717, 1.165) is 38.2 Å². The van der Waals surface area contributed by atoms with E-state index < -0.39 is 6.10 Å². The number of rotatable bonds is 4. The second-order valence-electron chi connectivity index (χ2n) is 5.80. The summed E-state index contributed by atoms with van der Waals surface area (Å²) in [5.41, 5.74) is 2.17. The van der Waals surface area contributed by atoms with E-state index in [4.69, 9.17) is 0 Å². The van der Waals surface area contributed by atoms with E-state index in [-0.39, 0.29) is 0 Å². The van der Waals surface area contributed by atoms with Gasteiger partial charge in [0.25, 0.3) is 0 Å². The molecule has 110 valence electrons. The van der Waals surface area contributed by atoms with Crippen LogP contribution in [0.25, 0.3) is 0 Å². The third-order valence-electron chi connectivity index (χ3n) is 4.32. The van der Waals surface area contributed by atoms with Crippen molar-refractivity contribution in [2.75, 3.05) is 13.1 Å². The van der Waals surface area contributed by atoms with Crippen LogP contribution >= 0.6 is 0 Å². The molecule has 0 radical (unpaired) electrons. The molecule has 1 aromatic carbocycles. The van der Waals surface area contributed by atoms with E-state index in [9.17, 15) is 5.11 Å². The summed E-state index contributed by atoms with van der Waals surface area (Å²) in [4.78, 5) is 6.75. The van der Waals surface area contributed by atoms with Crippen molar-refractivity contribution in [3.63, 3.8) is 0 Å². The lowest BCUT2D eigenvalue weighted by molar-refractivity contribution is 0.0540. The van der Waals surface area contributed by atoms with Gasteiger partial charge in [-0.3, -0.25) is 9.88 Å². The monoisotopic (exact) mass is 282 g/mol. The van der Waals surface area contributed by atoms with E-state index in [2.05, 4.69) is 40.2 Å².